The maximum Gasteiger partial charge on any atom is 0.416 e. The maximum absolute atomic E-state index is 12.4. The van der Waals surface area contributed by atoms with Gasteiger partial charge in [0.05, 0.1) is 5.56 Å². The Balaban J connectivity index is 2.69. The first-order chi connectivity index (χ1) is 8.04. The van der Waals surface area contributed by atoms with Crippen molar-refractivity contribution in [3.63, 3.8) is 0 Å². The fourth-order valence-electron chi connectivity index (χ4n) is 1.22. The molecule has 0 bridgehead atoms. The summed E-state index contributed by atoms with van der Waals surface area (Å²) >= 11 is 0. The van der Waals surface area contributed by atoms with E-state index in [0.717, 1.165) is 12.1 Å². The maximum atomic E-state index is 12.4. The van der Waals surface area contributed by atoms with Gasteiger partial charge in [0.2, 0.25) is 0 Å². The summed E-state index contributed by atoms with van der Waals surface area (Å²) in [6.45, 7) is 0.298. The van der Waals surface area contributed by atoms with Gasteiger partial charge in [-0.3, -0.25) is 0 Å². The summed E-state index contributed by atoms with van der Waals surface area (Å²) in [4.78, 5) is 2.57. The van der Waals surface area contributed by atoms with Crippen molar-refractivity contribution in [2.24, 2.45) is 5.11 Å². The summed E-state index contributed by atoms with van der Waals surface area (Å²) in [6.07, 6.45) is -0.582. The Morgan fingerprint density at radius 2 is 2.12 bits per heavy atom. The third kappa shape index (κ3) is 4.61. The summed E-state index contributed by atoms with van der Waals surface area (Å²) < 4.78 is 37.1. The van der Waals surface area contributed by atoms with Crippen LogP contribution in [0, 0.1) is 0 Å². The number of azide groups is 1. The number of hydrogen-bond donors (Lipinski definition) is 0. The predicted molar refractivity (Wildman–Crippen MR) is 59.1 cm³/mol. The highest BCUT2D eigenvalue weighted by molar-refractivity contribution is 5.50. The van der Waals surface area contributed by atoms with Crippen LogP contribution >= 0.6 is 0 Å². The van der Waals surface area contributed by atoms with Crippen molar-refractivity contribution < 1.29 is 13.2 Å². The Kier molecular flexibility index (Phi) is 4.60. The fourth-order valence-corrected chi connectivity index (χ4v) is 1.22. The van der Waals surface area contributed by atoms with E-state index in [-0.39, 0.29) is 0 Å². The number of halogens is 3. The lowest BCUT2D eigenvalue weighted by molar-refractivity contribution is -0.137. The van der Waals surface area contributed by atoms with Gasteiger partial charge in [0.1, 0.15) is 0 Å². The number of hydrogen-bond acceptors (Lipinski definition) is 1. The minimum atomic E-state index is -4.32. The van der Waals surface area contributed by atoms with Gasteiger partial charge in [0, 0.05) is 11.5 Å². The molecule has 0 saturated carbocycles. The summed E-state index contributed by atoms with van der Waals surface area (Å²) in [5.74, 6) is 0. The van der Waals surface area contributed by atoms with Crippen LogP contribution in [0.4, 0.5) is 13.2 Å². The first kappa shape index (κ1) is 13.1. The second-order valence-corrected chi connectivity index (χ2v) is 3.27. The molecule has 0 atom stereocenters. The van der Waals surface area contributed by atoms with Crippen molar-refractivity contribution in [3.05, 3.63) is 51.9 Å². The van der Waals surface area contributed by atoms with Crippen molar-refractivity contribution in [1.29, 1.82) is 0 Å². The van der Waals surface area contributed by atoms with E-state index < -0.39 is 11.7 Å². The Morgan fingerprint density at radius 3 is 2.76 bits per heavy atom. The average molecular weight is 241 g/mol. The molecule has 1 rings (SSSR count). The van der Waals surface area contributed by atoms with Gasteiger partial charge in [0.25, 0.3) is 0 Å². The van der Waals surface area contributed by atoms with Gasteiger partial charge in [-0.25, -0.2) is 0 Å². The molecular weight excluding hydrogens is 231 g/mol. The van der Waals surface area contributed by atoms with Gasteiger partial charge in [-0.2, -0.15) is 13.2 Å². The SMILES string of the molecule is [N-]=[N+]=NCCC=Cc1cccc(C(F)(F)F)c1. The van der Waals surface area contributed by atoms with Gasteiger partial charge >= 0.3 is 6.18 Å². The van der Waals surface area contributed by atoms with Crippen molar-refractivity contribution in [2.75, 3.05) is 6.54 Å². The second-order valence-electron chi connectivity index (χ2n) is 3.27. The Bertz CT molecular complexity index is 446. The highest BCUT2D eigenvalue weighted by Crippen LogP contribution is 2.29. The van der Waals surface area contributed by atoms with Gasteiger partial charge in [-0.05, 0) is 29.6 Å². The molecule has 3 nitrogen and oxygen atoms in total. The quantitative estimate of drug-likeness (QED) is 0.324. The van der Waals surface area contributed by atoms with E-state index in [2.05, 4.69) is 10.0 Å². The van der Waals surface area contributed by atoms with Crippen LogP contribution in [0.1, 0.15) is 17.5 Å². The molecule has 90 valence electrons. The molecule has 1 aromatic carbocycles. The third-order valence-electron chi connectivity index (χ3n) is 1.98. The molecule has 6 heteroatoms. The van der Waals surface area contributed by atoms with Crippen LogP contribution in [0.25, 0.3) is 16.5 Å². The normalized spacial score (nSPS) is 11.5. The molecule has 0 spiro atoms. The van der Waals surface area contributed by atoms with E-state index >= 15 is 0 Å². The summed E-state index contributed by atoms with van der Waals surface area (Å²) in [6, 6.07) is 5.04. The average Bonchev–Trinajstić information content (AvgIpc) is 2.28. The van der Waals surface area contributed by atoms with Crippen LogP contribution in [0.3, 0.4) is 0 Å². The van der Waals surface area contributed by atoms with E-state index in [1.807, 2.05) is 0 Å². The number of rotatable bonds is 4. The lowest BCUT2D eigenvalue weighted by Crippen LogP contribution is -2.04. The van der Waals surface area contributed by atoms with Crippen LogP contribution in [-0.2, 0) is 6.18 Å². The van der Waals surface area contributed by atoms with Crippen LogP contribution in [-0.4, -0.2) is 6.54 Å². The standard InChI is InChI=1S/C11H10F3N3/c12-11(13,14)10-6-3-5-9(8-10)4-1-2-7-16-17-15/h1,3-6,8H,2,7H2. The molecule has 0 radical (unpaired) electrons. The monoisotopic (exact) mass is 241 g/mol. The third-order valence-corrected chi connectivity index (χ3v) is 1.98. The predicted octanol–water partition coefficient (Wildman–Crippen LogP) is 4.42. The summed E-state index contributed by atoms with van der Waals surface area (Å²) in [5, 5.41) is 3.31. The van der Waals surface area contributed by atoms with E-state index in [9.17, 15) is 13.2 Å². The minimum Gasteiger partial charge on any atom is -0.166 e. The van der Waals surface area contributed by atoms with Crippen molar-refractivity contribution >= 4 is 6.08 Å². The number of benzene rings is 1. The molecule has 0 N–H and O–H groups in total. The number of nitrogens with zero attached hydrogens (tertiary/aromatic N) is 3. The highest BCUT2D eigenvalue weighted by Gasteiger charge is 2.30. The summed E-state index contributed by atoms with van der Waals surface area (Å²) in [5.41, 5.74) is 7.82. The van der Waals surface area contributed by atoms with Crippen molar-refractivity contribution in [3.8, 4) is 0 Å². The van der Waals surface area contributed by atoms with E-state index in [4.69, 9.17) is 5.53 Å². The molecule has 1 aromatic rings. The van der Waals surface area contributed by atoms with Gasteiger partial charge in [-0.15, -0.1) is 0 Å². The molecule has 0 aliphatic heterocycles. The van der Waals surface area contributed by atoms with Gasteiger partial charge < -0.3 is 0 Å². The zero-order chi connectivity index (χ0) is 12.7. The highest BCUT2D eigenvalue weighted by atomic mass is 19.4. The van der Waals surface area contributed by atoms with Crippen molar-refractivity contribution in [1.82, 2.24) is 0 Å². The van der Waals surface area contributed by atoms with Crippen LogP contribution < -0.4 is 0 Å². The largest absolute Gasteiger partial charge is 0.416 e. The molecule has 17 heavy (non-hydrogen) atoms. The first-order valence-corrected chi connectivity index (χ1v) is 4.88. The molecule has 0 aromatic heterocycles. The Hall–Kier alpha value is -1.94. The van der Waals surface area contributed by atoms with E-state index in [1.54, 1.807) is 18.2 Å². The zero-order valence-corrected chi connectivity index (χ0v) is 8.85. The smallest absolute Gasteiger partial charge is 0.166 e. The molecule has 0 aliphatic carbocycles. The van der Waals surface area contributed by atoms with Crippen molar-refractivity contribution in [2.45, 2.75) is 12.6 Å². The molecular formula is C11H10F3N3. The zero-order valence-electron chi connectivity index (χ0n) is 8.85. The second kappa shape index (κ2) is 5.96. The van der Waals surface area contributed by atoms with Crippen LogP contribution in [0.2, 0.25) is 0 Å². The van der Waals surface area contributed by atoms with Gasteiger partial charge in [0.15, 0.2) is 0 Å². The molecule has 0 heterocycles. The Morgan fingerprint density at radius 1 is 1.35 bits per heavy atom. The van der Waals surface area contributed by atoms with E-state index in [1.165, 1.54) is 6.07 Å². The first-order valence-electron chi connectivity index (χ1n) is 4.88. The van der Waals surface area contributed by atoms with Crippen LogP contribution in [0.15, 0.2) is 35.5 Å². The molecule has 0 saturated heterocycles. The van der Waals surface area contributed by atoms with Gasteiger partial charge in [-0.1, -0.05) is 29.4 Å². The molecule has 0 unspecified atom stereocenters. The molecule has 0 aliphatic rings. The van der Waals surface area contributed by atoms with E-state index in [0.29, 0.717) is 18.5 Å². The Labute approximate surface area is 96.2 Å². The summed E-state index contributed by atoms with van der Waals surface area (Å²) in [7, 11) is 0. The lowest BCUT2D eigenvalue weighted by atomic mass is 10.1. The lowest BCUT2D eigenvalue weighted by Gasteiger charge is -2.06. The molecule has 0 amide bonds. The van der Waals surface area contributed by atoms with Crippen LogP contribution in [0.5, 0.6) is 0 Å². The fraction of sp³-hybridized carbons (Fsp3) is 0.273. The topological polar surface area (TPSA) is 48.8 Å². The molecule has 0 fully saturated rings. The number of alkyl halides is 3. The minimum absolute atomic E-state index is 0.298.